The fourth-order valence-corrected chi connectivity index (χ4v) is 2.22. The van der Waals surface area contributed by atoms with Crippen LogP contribution in [0.4, 0.5) is 0 Å². The van der Waals surface area contributed by atoms with Crippen molar-refractivity contribution in [1.82, 2.24) is 5.32 Å². The fraction of sp³-hybridized carbons (Fsp3) is 0.600. The smallest absolute Gasteiger partial charge is 0.0443 e. The number of benzene rings is 1. The minimum absolute atomic E-state index is 0.272. The molecule has 0 aromatic heterocycles. The normalized spacial score (nSPS) is 10.9. The van der Waals surface area contributed by atoms with Crippen molar-refractivity contribution in [3.8, 4) is 0 Å². The fourth-order valence-electron chi connectivity index (χ4n) is 2.22. The summed E-state index contributed by atoms with van der Waals surface area (Å²) in [5.74, 6) is 0. The van der Waals surface area contributed by atoms with E-state index in [1.54, 1.807) is 0 Å². The first kappa shape index (κ1) is 14.2. The van der Waals surface area contributed by atoms with Gasteiger partial charge in [-0.05, 0) is 81.4 Å². The first-order valence-electron chi connectivity index (χ1n) is 6.45. The summed E-state index contributed by atoms with van der Waals surface area (Å²) in [5.41, 5.74) is 7.12. The standard InChI is InChI=1S/C15H25NO/c1-11-10-12(2)14(4)15(13(11)3)6-8-16-7-5-9-17/h10,16-17H,5-9H2,1-4H3. The molecule has 0 heterocycles. The van der Waals surface area contributed by atoms with E-state index in [-0.39, 0.29) is 6.61 Å². The molecular weight excluding hydrogens is 210 g/mol. The predicted octanol–water partition coefficient (Wildman–Crippen LogP) is 2.43. The molecule has 0 fully saturated rings. The maximum absolute atomic E-state index is 8.70. The second kappa shape index (κ2) is 6.77. The van der Waals surface area contributed by atoms with Crippen LogP contribution in [0.15, 0.2) is 6.07 Å². The molecule has 1 rings (SSSR count). The zero-order chi connectivity index (χ0) is 12.8. The average molecular weight is 235 g/mol. The number of hydrogen-bond donors (Lipinski definition) is 2. The van der Waals surface area contributed by atoms with Gasteiger partial charge < -0.3 is 10.4 Å². The molecule has 1 aromatic rings. The minimum atomic E-state index is 0.272. The van der Waals surface area contributed by atoms with E-state index < -0.39 is 0 Å². The first-order chi connectivity index (χ1) is 8.07. The molecule has 0 atom stereocenters. The quantitative estimate of drug-likeness (QED) is 0.742. The van der Waals surface area contributed by atoms with Gasteiger partial charge in [0.25, 0.3) is 0 Å². The molecule has 2 N–H and O–H groups in total. The molecule has 0 bridgehead atoms. The second-order valence-corrected chi connectivity index (χ2v) is 4.82. The SMILES string of the molecule is Cc1cc(C)c(C)c(CCNCCCO)c1C. The maximum Gasteiger partial charge on any atom is 0.0443 e. The van der Waals surface area contributed by atoms with Gasteiger partial charge >= 0.3 is 0 Å². The van der Waals surface area contributed by atoms with Crippen LogP contribution in [0.1, 0.15) is 34.2 Å². The van der Waals surface area contributed by atoms with Crippen LogP contribution >= 0.6 is 0 Å². The monoisotopic (exact) mass is 235 g/mol. The Morgan fingerprint density at radius 2 is 1.59 bits per heavy atom. The third kappa shape index (κ3) is 3.83. The van der Waals surface area contributed by atoms with Crippen LogP contribution in [0.5, 0.6) is 0 Å². The van der Waals surface area contributed by atoms with Gasteiger partial charge in [0.1, 0.15) is 0 Å². The second-order valence-electron chi connectivity index (χ2n) is 4.82. The van der Waals surface area contributed by atoms with Gasteiger partial charge in [0.2, 0.25) is 0 Å². The Morgan fingerprint density at radius 3 is 2.12 bits per heavy atom. The highest BCUT2D eigenvalue weighted by Crippen LogP contribution is 2.21. The largest absolute Gasteiger partial charge is 0.396 e. The van der Waals surface area contributed by atoms with Crippen LogP contribution in [0.2, 0.25) is 0 Å². The van der Waals surface area contributed by atoms with Crippen LogP contribution in [-0.4, -0.2) is 24.8 Å². The van der Waals surface area contributed by atoms with Crippen molar-refractivity contribution in [2.24, 2.45) is 0 Å². The van der Waals surface area contributed by atoms with Crippen molar-refractivity contribution in [3.63, 3.8) is 0 Å². The summed E-state index contributed by atoms with van der Waals surface area (Å²) < 4.78 is 0. The highest BCUT2D eigenvalue weighted by atomic mass is 16.3. The van der Waals surface area contributed by atoms with E-state index in [1.165, 1.54) is 27.8 Å². The summed E-state index contributed by atoms with van der Waals surface area (Å²) in [6.07, 6.45) is 1.91. The number of aryl methyl sites for hydroxylation is 2. The Morgan fingerprint density at radius 1 is 1.00 bits per heavy atom. The molecule has 2 heteroatoms. The lowest BCUT2D eigenvalue weighted by Crippen LogP contribution is -2.20. The first-order valence-corrected chi connectivity index (χ1v) is 6.45. The van der Waals surface area contributed by atoms with Crippen LogP contribution < -0.4 is 5.32 Å². The van der Waals surface area contributed by atoms with Crippen molar-refractivity contribution in [3.05, 3.63) is 33.9 Å². The molecule has 0 saturated heterocycles. The number of nitrogens with one attached hydrogen (secondary N) is 1. The zero-order valence-corrected chi connectivity index (χ0v) is 11.6. The molecule has 0 saturated carbocycles. The molecule has 0 spiro atoms. The molecule has 0 aliphatic heterocycles. The number of aliphatic hydroxyl groups excluding tert-OH is 1. The summed E-state index contributed by atoms with van der Waals surface area (Å²) >= 11 is 0. The van der Waals surface area contributed by atoms with Crippen LogP contribution in [-0.2, 0) is 6.42 Å². The topological polar surface area (TPSA) is 32.3 Å². The Bertz CT molecular complexity index is 345. The Kier molecular flexibility index (Phi) is 5.66. The predicted molar refractivity (Wildman–Crippen MR) is 73.7 cm³/mol. The summed E-state index contributed by atoms with van der Waals surface area (Å²) in [6, 6.07) is 2.27. The van der Waals surface area contributed by atoms with E-state index >= 15 is 0 Å². The van der Waals surface area contributed by atoms with E-state index in [4.69, 9.17) is 5.11 Å². The Hall–Kier alpha value is -0.860. The molecule has 96 valence electrons. The van der Waals surface area contributed by atoms with Gasteiger partial charge in [0, 0.05) is 6.61 Å². The third-order valence-corrected chi connectivity index (χ3v) is 3.58. The summed E-state index contributed by atoms with van der Waals surface area (Å²) in [4.78, 5) is 0. The lowest BCUT2D eigenvalue weighted by Gasteiger charge is -2.15. The van der Waals surface area contributed by atoms with Gasteiger partial charge in [-0.2, -0.15) is 0 Å². The number of hydrogen-bond acceptors (Lipinski definition) is 2. The highest BCUT2D eigenvalue weighted by Gasteiger charge is 2.07. The van der Waals surface area contributed by atoms with Crippen LogP contribution in [0.25, 0.3) is 0 Å². The van der Waals surface area contributed by atoms with E-state index in [0.29, 0.717) is 0 Å². The molecule has 0 radical (unpaired) electrons. The van der Waals surface area contributed by atoms with Crippen molar-refractivity contribution in [2.45, 2.75) is 40.5 Å². The van der Waals surface area contributed by atoms with E-state index in [1.807, 2.05) is 0 Å². The Labute approximate surface area is 105 Å². The summed E-state index contributed by atoms with van der Waals surface area (Å²) in [5, 5.41) is 12.1. The summed E-state index contributed by atoms with van der Waals surface area (Å²) in [7, 11) is 0. The van der Waals surface area contributed by atoms with Crippen molar-refractivity contribution < 1.29 is 5.11 Å². The van der Waals surface area contributed by atoms with Crippen molar-refractivity contribution in [1.29, 1.82) is 0 Å². The van der Waals surface area contributed by atoms with Gasteiger partial charge in [-0.1, -0.05) is 6.07 Å². The van der Waals surface area contributed by atoms with E-state index in [9.17, 15) is 0 Å². The molecule has 0 aliphatic carbocycles. The Balaban J connectivity index is 2.64. The minimum Gasteiger partial charge on any atom is -0.396 e. The molecular formula is C15H25NO. The highest BCUT2D eigenvalue weighted by molar-refractivity contribution is 5.44. The zero-order valence-electron chi connectivity index (χ0n) is 11.6. The van der Waals surface area contributed by atoms with Gasteiger partial charge in [-0.25, -0.2) is 0 Å². The van der Waals surface area contributed by atoms with Crippen LogP contribution in [0, 0.1) is 27.7 Å². The average Bonchev–Trinajstić information content (AvgIpc) is 2.30. The number of aliphatic hydroxyl groups is 1. The number of rotatable bonds is 6. The molecule has 0 unspecified atom stereocenters. The van der Waals surface area contributed by atoms with Gasteiger partial charge in [-0.15, -0.1) is 0 Å². The molecule has 2 nitrogen and oxygen atoms in total. The summed E-state index contributed by atoms with van der Waals surface area (Å²) in [6.45, 7) is 11.0. The van der Waals surface area contributed by atoms with Crippen molar-refractivity contribution >= 4 is 0 Å². The third-order valence-electron chi connectivity index (χ3n) is 3.58. The van der Waals surface area contributed by atoms with E-state index in [0.717, 1.165) is 25.9 Å². The maximum atomic E-state index is 8.70. The molecule has 1 aromatic carbocycles. The lowest BCUT2D eigenvalue weighted by molar-refractivity contribution is 0.286. The molecule has 0 amide bonds. The van der Waals surface area contributed by atoms with Gasteiger partial charge in [0.15, 0.2) is 0 Å². The van der Waals surface area contributed by atoms with Gasteiger partial charge in [0.05, 0.1) is 0 Å². The molecule has 0 aliphatic rings. The lowest BCUT2D eigenvalue weighted by atomic mass is 9.92. The van der Waals surface area contributed by atoms with Gasteiger partial charge in [-0.3, -0.25) is 0 Å². The molecule has 17 heavy (non-hydrogen) atoms. The van der Waals surface area contributed by atoms with Crippen LogP contribution in [0.3, 0.4) is 0 Å². The van der Waals surface area contributed by atoms with E-state index in [2.05, 4.69) is 39.1 Å². The van der Waals surface area contributed by atoms with Crippen molar-refractivity contribution in [2.75, 3.05) is 19.7 Å².